The molecule has 2 heterocycles. The Morgan fingerprint density at radius 1 is 1.35 bits per heavy atom. The minimum absolute atomic E-state index is 0.174. The minimum Gasteiger partial charge on any atom is -0.474 e. The van der Waals surface area contributed by atoms with E-state index in [4.69, 9.17) is 9.47 Å². The molecule has 0 aliphatic carbocycles. The van der Waals surface area contributed by atoms with Crippen molar-refractivity contribution in [3.05, 3.63) is 12.3 Å². The van der Waals surface area contributed by atoms with Crippen LogP contribution in [0.5, 0.6) is 5.88 Å². The third kappa shape index (κ3) is 3.30. The quantitative estimate of drug-likeness (QED) is 0.869. The van der Waals surface area contributed by atoms with E-state index in [1.54, 1.807) is 19.3 Å². The predicted octanol–water partition coefficient (Wildman–Crippen LogP) is 1.85. The summed E-state index contributed by atoms with van der Waals surface area (Å²) in [6.07, 6.45) is 4.17. The van der Waals surface area contributed by atoms with Gasteiger partial charge in [0.15, 0.2) is 0 Å². The molecule has 2 atom stereocenters. The van der Waals surface area contributed by atoms with Crippen molar-refractivity contribution in [2.45, 2.75) is 45.0 Å². The van der Waals surface area contributed by atoms with Gasteiger partial charge in [-0.05, 0) is 13.8 Å². The molecule has 1 fully saturated rings. The maximum absolute atomic E-state index is 5.87. The van der Waals surface area contributed by atoms with E-state index in [-0.39, 0.29) is 18.3 Å². The molecule has 0 saturated carbocycles. The van der Waals surface area contributed by atoms with Crippen LogP contribution in [0.2, 0.25) is 0 Å². The normalized spacial score (nSPS) is 28.8. The molecule has 1 aliphatic heterocycles. The zero-order valence-electron chi connectivity index (χ0n) is 10.5. The Morgan fingerprint density at radius 3 is 2.71 bits per heavy atom. The molecule has 0 amide bonds. The van der Waals surface area contributed by atoms with Crippen LogP contribution in [0.4, 0.5) is 5.95 Å². The zero-order valence-corrected chi connectivity index (χ0v) is 10.5. The van der Waals surface area contributed by atoms with Gasteiger partial charge in [-0.2, -0.15) is 4.98 Å². The first-order valence-corrected chi connectivity index (χ1v) is 6.00. The summed E-state index contributed by atoms with van der Waals surface area (Å²) in [5.74, 6) is 1.20. The van der Waals surface area contributed by atoms with E-state index in [9.17, 15) is 0 Å². The molecule has 5 heteroatoms. The molecule has 5 nitrogen and oxygen atoms in total. The van der Waals surface area contributed by atoms with Gasteiger partial charge in [-0.15, -0.1) is 0 Å². The van der Waals surface area contributed by atoms with E-state index < -0.39 is 0 Å². The first-order valence-electron chi connectivity index (χ1n) is 6.00. The van der Waals surface area contributed by atoms with E-state index in [2.05, 4.69) is 29.1 Å². The van der Waals surface area contributed by atoms with E-state index in [0.29, 0.717) is 11.8 Å². The molecule has 1 N–H and O–H groups in total. The average Bonchev–Trinajstić information content (AvgIpc) is 2.28. The largest absolute Gasteiger partial charge is 0.474 e. The molecule has 0 bridgehead atoms. The van der Waals surface area contributed by atoms with Gasteiger partial charge < -0.3 is 14.8 Å². The van der Waals surface area contributed by atoms with E-state index >= 15 is 0 Å². The molecule has 0 aromatic carbocycles. The Labute approximate surface area is 102 Å². The van der Waals surface area contributed by atoms with Crippen molar-refractivity contribution in [3.63, 3.8) is 0 Å². The third-order valence-corrected chi connectivity index (χ3v) is 2.80. The van der Waals surface area contributed by atoms with Crippen LogP contribution in [0.3, 0.4) is 0 Å². The summed E-state index contributed by atoms with van der Waals surface area (Å²) in [4.78, 5) is 8.30. The van der Waals surface area contributed by atoms with E-state index in [0.717, 1.165) is 12.8 Å². The van der Waals surface area contributed by atoms with Crippen molar-refractivity contribution in [1.82, 2.24) is 9.97 Å². The lowest BCUT2D eigenvalue weighted by atomic mass is 10.0. The SMILES string of the molecule is CNc1nccc(OC2CC(C)OC(C)C2)n1. The number of nitrogens with one attached hydrogen (secondary N) is 1. The standard InChI is InChI=1S/C12H19N3O2/c1-8-6-10(7-9(2)16-8)17-11-4-5-14-12(13-3)15-11/h4-5,8-10H,6-7H2,1-3H3,(H,13,14,15). The maximum Gasteiger partial charge on any atom is 0.225 e. The van der Waals surface area contributed by atoms with Gasteiger partial charge in [0.05, 0.1) is 12.2 Å². The fraction of sp³-hybridized carbons (Fsp3) is 0.667. The van der Waals surface area contributed by atoms with Crippen molar-refractivity contribution in [1.29, 1.82) is 0 Å². The number of nitrogens with zero attached hydrogens (tertiary/aromatic N) is 2. The molecule has 17 heavy (non-hydrogen) atoms. The monoisotopic (exact) mass is 237 g/mol. The van der Waals surface area contributed by atoms with Crippen LogP contribution in [-0.2, 0) is 4.74 Å². The van der Waals surface area contributed by atoms with Gasteiger partial charge in [-0.1, -0.05) is 0 Å². The second-order valence-corrected chi connectivity index (χ2v) is 4.44. The number of hydrogen-bond donors (Lipinski definition) is 1. The van der Waals surface area contributed by atoms with Gasteiger partial charge in [0.2, 0.25) is 11.8 Å². The van der Waals surface area contributed by atoms with Crippen molar-refractivity contribution < 1.29 is 9.47 Å². The third-order valence-electron chi connectivity index (χ3n) is 2.80. The molecule has 1 aliphatic rings. The summed E-state index contributed by atoms with van der Waals surface area (Å²) in [5.41, 5.74) is 0. The maximum atomic E-state index is 5.87. The van der Waals surface area contributed by atoms with Crippen molar-refractivity contribution in [2.24, 2.45) is 0 Å². The van der Waals surface area contributed by atoms with Crippen LogP contribution in [-0.4, -0.2) is 35.3 Å². The Morgan fingerprint density at radius 2 is 2.06 bits per heavy atom. The molecule has 1 aromatic rings. The van der Waals surface area contributed by atoms with Gasteiger partial charge in [-0.3, -0.25) is 0 Å². The van der Waals surface area contributed by atoms with Gasteiger partial charge >= 0.3 is 0 Å². The lowest BCUT2D eigenvalue weighted by molar-refractivity contribution is -0.0729. The smallest absolute Gasteiger partial charge is 0.225 e. The van der Waals surface area contributed by atoms with Crippen LogP contribution in [0.25, 0.3) is 0 Å². The predicted molar refractivity (Wildman–Crippen MR) is 65.2 cm³/mol. The molecular formula is C12H19N3O2. The lowest BCUT2D eigenvalue weighted by Gasteiger charge is -2.31. The van der Waals surface area contributed by atoms with Crippen molar-refractivity contribution >= 4 is 5.95 Å². The Kier molecular flexibility index (Phi) is 3.78. The first-order chi connectivity index (χ1) is 8.17. The van der Waals surface area contributed by atoms with Crippen LogP contribution in [0.1, 0.15) is 26.7 Å². The highest BCUT2D eigenvalue weighted by atomic mass is 16.5. The summed E-state index contributed by atoms with van der Waals surface area (Å²) in [6.45, 7) is 4.15. The second-order valence-electron chi connectivity index (χ2n) is 4.44. The topological polar surface area (TPSA) is 56.3 Å². The summed E-state index contributed by atoms with van der Waals surface area (Å²) in [7, 11) is 1.79. The van der Waals surface area contributed by atoms with E-state index in [1.807, 2.05) is 0 Å². The van der Waals surface area contributed by atoms with Crippen molar-refractivity contribution in [2.75, 3.05) is 12.4 Å². The number of rotatable bonds is 3. The van der Waals surface area contributed by atoms with Crippen LogP contribution >= 0.6 is 0 Å². The summed E-state index contributed by atoms with van der Waals surface area (Å²) >= 11 is 0. The molecule has 1 saturated heterocycles. The minimum atomic E-state index is 0.174. The highest BCUT2D eigenvalue weighted by Gasteiger charge is 2.26. The summed E-state index contributed by atoms with van der Waals surface area (Å²) in [6, 6.07) is 1.78. The van der Waals surface area contributed by atoms with Gasteiger partial charge in [0.1, 0.15) is 6.10 Å². The molecule has 0 spiro atoms. The van der Waals surface area contributed by atoms with Gasteiger partial charge in [0.25, 0.3) is 0 Å². The van der Waals surface area contributed by atoms with Crippen LogP contribution < -0.4 is 10.1 Å². The number of aromatic nitrogens is 2. The Balaban J connectivity index is 1.99. The number of anilines is 1. The number of hydrogen-bond acceptors (Lipinski definition) is 5. The average molecular weight is 237 g/mol. The zero-order chi connectivity index (χ0) is 12.3. The fourth-order valence-corrected chi connectivity index (χ4v) is 2.14. The summed E-state index contributed by atoms with van der Waals surface area (Å²) in [5, 5.41) is 2.90. The first kappa shape index (κ1) is 12.1. The molecule has 2 rings (SSSR count). The Hall–Kier alpha value is -1.36. The molecule has 1 aromatic heterocycles. The Bertz CT molecular complexity index is 363. The van der Waals surface area contributed by atoms with Crippen molar-refractivity contribution in [3.8, 4) is 5.88 Å². The highest BCUT2D eigenvalue weighted by molar-refractivity contribution is 5.26. The number of ether oxygens (including phenoxy) is 2. The summed E-state index contributed by atoms with van der Waals surface area (Å²) < 4.78 is 11.5. The lowest BCUT2D eigenvalue weighted by Crippen LogP contribution is -2.35. The molecule has 94 valence electrons. The molecule has 2 unspecified atom stereocenters. The van der Waals surface area contributed by atoms with Crippen LogP contribution in [0, 0.1) is 0 Å². The van der Waals surface area contributed by atoms with Gasteiger partial charge in [0, 0.05) is 32.2 Å². The molecule has 0 radical (unpaired) electrons. The van der Waals surface area contributed by atoms with E-state index in [1.165, 1.54) is 0 Å². The second kappa shape index (κ2) is 5.31. The van der Waals surface area contributed by atoms with Gasteiger partial charge in [-0.25, -0.2) is 4.98 Å². The fourth-order valence-electron chi connectivity index (χ4n) is 2.14. The molecular weight excluding hydrogens is 218 g/mol. The van der Waals surface area contributed by atoms with Crippen LogP contribution in [0.15, 0.2) is 12.3 Å². The highest BCUT2D eigenvalue weighted by Crippen LogP contribution is 2.23.